The van der Waals surface area contributed by atoms with Crippen LogP contribution in [-0.4, -0.2) is 13.1 Å². The standard InChI is InChI=1S/C17H19N/c1-2-12-3-4-14-8-15(6-5-13(14)7-12)17-9-16(17)10-18-11-17/h3-8,16,18H,2,9-11H2,1H3. The first-order valence-electron chi connectivity index (χ1n) is 7.06. The van der Waals surface area contributed by atoms with Crippen LogP contribution < -0.4 is 5.32 Å². The molecular weight excluding hydrogens is 218 g/mol. The second kappa shape index (κ2) is 3.58. The van der Waals surface area contributed by atoms with E-state index in [4.69, 9.17) is 0 Å². The molecule has 0 radical (unpaired) electrons. The summed E-state index contributed by atoms with van der Waals surface area (Å²) in [6.07, 6.45) is 2.51. The smallest absolute Gasteiger partial charge is 0.0122 e. The van der Waals surface area contributed by atoms with Gasteiger partial charge in [0, 0.05) is 12.0 Å². The van der Waals surface area contributed by atoms with Crippen molar-refractivity contribution in [1.29, 1.82) is 0 Å². The van der Waals surface area contributed by atoms with Gasteiger partial charge in [0.1, 0.15) is 0 Å². The van der Waals surface area contributed by atoms with E-state index >= 15 is 0 Å². The average Bonchev–Trinajstić information content (AvgIpc) is 3.00. The van der Waals surface area contributed by atoms with Crippen LogP contribution in [0.15, 0.2) is 36.4 Å². The molecule has 1 N–H and O–H groups in total. The highest BCUT2D eigenvalue weighted by atomic mass is 15.0. The van der Waals surface area contributed by atoms with E-state index in [9.17, 15) is 0 Å². The molecule has 1 heterocycles. The molecule has 92 valence electrons. The quantitative estimate of drug-likeness (QED) is 0.845. The number of piperidine rings is 1. The number of hydrogen-bond acceptors (Lipinski definition) is 1. The maximum atomic E-state index is 3.53. The van der Waals surface area contributed by atoms with E-state index in [1.54, 1.807) is 5.56 Å². The summed E-state index contributed by atoms with van der Waals surface area (Å²) in [7, 11) is 0. The molecule has 1 aliphatic carbocycles. The molecule has 2 unspecified atom stereocenters. The van der Waals surface area contributed by atoms with Crippen LogP contribution in [0.25, 0.3) is 10.8 Å². The van der Waals surface area contributed by atoms with E-state index in [1.807, 2.05) is 0 Å². The lowest BCUT2D eigenvalue weighted by atomic mass is 9.92. The fraction of sp³-hybridized carbons (Fsp3) is 0.412. The van der Waals surface area contributed by atoms with Crippen LogP contribution in [0.5, 0.6) is 0 Å². The van der Waals surface area contributed by atoms with Crippen LogP contribution in [0.2, 0.25) is 0 Å². The molecule has 1 nitrogen and oxygen atoms in total. The van der Waals surface area contributed by atoms with Crippen molar-refractivity contribution in [2.45, 2.75) is 25.2 Å². The molecule has 0 aromatic heterocycles. The maximum absolute atomic E-state index is 3.53. The SMILES string of the molecule is CCc1ccc2cc(C34CNCC3C4)ccc2c1. The monoisotopic (exact) mass is 237 g/mol. The molecule has 2 fully saturated rings. The Morgan fingerprint density at radius 3 is 2.72 bits per heavy atom. The molecule has 1 saturated heterocycles. The van der Waals surface area contributed by atoms with Gasteiger partial charge in [-0.25, -0.2) is 0 Å². The fourth-order valence-electron chi connectivity index (χ4n) is 3.61. The Hall–Kier alpha value is -1.34. The van der Waals surface area contributed by atoms with E-state index < -0.39 is 0 Å². The van der Waals surface area contributed by atoms with Crippen LogP contribution in [-0.2, 0) is 11.8 Å². The molecule has 4 rings (SSSR count). The van der Waals surface area contributed by atoms with Crippen molar-refractivity contribution >= 4 is 10.8 Å². The van der Waals surface area contributed by atoms with E-state index in [2.05, 4.69) is 48.6 Å². The van der Waals surface area contributed by atoms with E-state index in [1.165, 1.54) is 35.8 Å². The van der Waals surface area contributed by atoms with Gasteiger partial charge in [0.15, 0.2) is 0 Å². The molecular formula is C17H19N. The topological polar surface area (TPSA) is 12.0 Å². The van der Waals surface area contributed by atoms with Gasteiger partial charge in [-0.1, -0.05) is 43.3 Å². The van der Waals surface area contributed by atoms with Gasteiger partial charge in [-0.15, -0.1) is 0 Å². The molecule has 0 spiro atoms. The molecule has 1 saturated carbocycles. The number of aryl methyl sites for hydroxylation is 1. The highest BCUT2D eigenvalue weighted by Crippen LogP contribution is 2.56. The van der Waals surface area contributed by atoms with Gasteiger partial charge < -0.3 is 5.32 Å². The summed E-state index contributed by atoms with van der Waals surface area (Å²) in [5.41, 5.74) is 3.46. The predicted octanol–water partition coefficient (Wildman–Crippen LogP) is 3.26. The third-order valence-electron chi connectivity index (χ3n) is 4.95. The fourth-order valence-corrected chi connectivity index (χ4v) is 3.61. The summed E-state index contributed by atoms with van der Waals surface area (Å²) < 4.78 is 0. The van der Waals surface area contributed by atoms with Gasteiger partial charge in [0.2, 0.25) is 0 Å². The van der Waals surface area contributed by atoms with Crippen molar-refractivity contribution in [3.63, 3.8) is 0 Å². The van der Waals surface area contributed by atoms with Crippen LogP contribution in [0.1, 0.15) is 24.5 Å². The van der Waals surface area contributed by atoms with Gasteiger partial charge in [-0.05, 0) is 47.2 Å². The lowest BCUT2D eigenvalue weighted by Gasteiger charge is -2.13. The van der Waals surface area contributed by atoms with Crippen molar-refractivity contribution in [2.75, 3.05) is 13.1 Å². The average molecular weight is 237 g/mol. The molecule has 2 aromatic rings. The second-order valence-corrected chi connectivity index (χ2v) is 5.94. The number of nitrogens with one attached hydrogen (secondary N) is 1. The molecule has 0 bridgehead atoms. The van der Waals surface area contributed by atoms with Crippen molar-refractivity contribution in [1.82, 2.24) is 5.32 Å². The van der Waals surface area contributed by atoms with Crippen molar-refractivity contribution < 1.29 is 0 Å². The summed E-state index contributed by atoms with van der Waals surface area (Å²) in [6.45, 7) is 4.61. The second-order valence-electron chi connectivity index (χ2n) is 5.94. The van der Waals surface area contributed by atoms with E-state index in [-0.39, 0.29) is 0 Å². The maximum Gasteiger partial charge on any atom is 0.0122 e. The van der Waals surface area contributed by atoms with Crippen molar-refractivity contribution in [2.24, 2.45) is 5.92 Å². The van der Waals surface area contributed by atoms with E-state index in [0.717, 1.165) is 12.3 Å². The zero-order chi connectivity index (χ0) is 12.2. The molecule has 1 heteroatoms. The third-order valence-corrected chi connectivity index (χ3v) is 4.95. The molecule has 2 atom stereocenters. The number of fused-ring (bicyclic) bond motifs is 2. The zero-order valence-corrected chi connectivity index (χ0v) is 10.9. The summed E-state index contributed by atoms with van der Waals surface area (Å²) in [6, 6.07) is 14.0. The van der Waals surface area contributed by atoms with Gasteiger partial charge >= 0.3 is 0 Å². The lowest BCUT2D eigenvalue weighted by Crippen LogP contribution is -2.19. The molecule has 1 aliphatic heterocycles. The first-order chi connectivity index (χ1) is 8.82. The summed E-state index contributed by atoms with van der Waals surface area (Å²) in [4.78, 5) is 0. The highest BCUT2D eigenvalue weighted by molar-refractivity contribution is 5.84. The van der Waals surface area contributed by atoms with Gasteiger partial charge in [-0.2, -0.15) is 0 Å². The summed E-state index contributed by atoms with van der Waals surface area (Å²) in [5, 5.41) is 6.31. The van der Waals surface area contributed by atoms with Crippen LogP contribution in [0, 0.1) is 5.92 Å². The highest BCUT2D eigenvalue weighted by Gasteiger charge is 2.57. The normalized spacial score (nSPS) is 29.5. The molecule has 18 heavy (non-hydrogen) atoms. The van der Waals surface area contributed by atoms with Gasteiger partial charge in [0.05, 0.1) is 0 Å². The predicted molar refractivity (Wildman–Crippen MR) is 76.0 cm³/mol. The zero-order valence-electron chi connectivity index (χ0n) is 10.9. The Labute approximate surface area is 108 Å². The summed E-state index contributed by atoms with van der Waals surface area (Å²) >= 11 is 0. The first kappa shape index (κ1) is 10.6. The first-order valence-corrected chi connectivity index (χ1v) is 7.06. The largest absolute Gasteiger partial charge is 0.316 e. The Bertz CT molecular complexity index is 616. The third kappa shape index (κ3) is 1.37. The Morgan fingerprint density at radius 2 is 2.00 bits per heavy atom. The van der Waals surface area contributed by atoms with Crippen molar-refractivity contribution in [3.8, 4) is 0 Å². The number of rotatable bonds is 2. The molecule has 2 aliphatic rings. The Morgan fingerprint density at radius 1 is 1.17 bits per heavy atom. The Balaban J connectivity index is 1.80. The lowest BCUT2D eigenvalue weighted by molar-refractivity contribution is 0.676. The van der Waals surface area contributed by atoms with Gasteiger partial charge in [-0.3, -0.25) is 0 Å². The minimum Gasteiger partial charge on any atom is -0.316 e. The van der Waals surface area contributed by atoms with Gasteiger partial charge in [0.25, 0.3) is 0 Å². The van der Waals surface area contributed by atoms with Crippen LogP contribution in [0.4, 0.5) is 0 Å². The van der Waals surface area contributed by atoms with Crippen LogP contribution in [0.3, 0.4) is 0 Å². The molecule has 0 amide bonds. The minimum atomic E-state index is 0.484. The van der Waals surface area contributed by atoms with E-state index in [0.29, 0.717) is 5.41 Å². The summed E-state index contributed by atoms with van der Waals surface area (Å²) in [5.74, 6) is 0.893. The van der Waals surface area contributed by atoms with Crippen molar-refractivity contribution in [3.05, 3.63) is 47.5 Å². The number of hydrogen-bond donors (Lipinski definition) is 1. The number of benzene rings is 2. The Kier molecular flexibility index (Phi) is 2.10. The molecule has 2 aromatic carbocycles. The van der Waals surface area contributed by atoms with Crippen LogP contribution >= 0.6 is 0 Å². The minimum absolute atomic E-state index is 0.484.